The van der Waals surface area contributed by atoms with Gasteiger partial charge in [0.15, 0.2) is 0 Å². The molecule has 0 saturated heterocycles. The van der Waals surface area contributed by atoms with Crippen LogP contribution < -0.4 is 15.4 Å². The molecule has 120 valence electrons. The Hall–Kier alpha value is -1.81. The van der Waals surface area contributed by atoms with E-state index in [1.165, 1.54) is 25.7 Å². The van der Waals surface area contributed by atoms with Crippen LogP contribution in [0.3, 0.4) is 0 Å². The lowest BCUT2D eigenvalue weighted by Gasteiger charge is -2.13. The molecular weight excluding hydrogens is 276 g/mol. The Labute approximate surface area is 132 Å². The van der Waals surface area contributed by atoms with E-state index in [0.29, 0.717) is 18.7 Å². The van der Waals surface area contributed by atoms with E-state index in [4.69, 9.17) is 4.74 Å². The van der Waals surface area contributed by atoms with Crippen LogP contribution in [0.2, 0.25) is 0 Å². The average Bonchev–Trinajstić information content (AvgIpc) is 2.56. The summed E-state index contributed by atoms with van der Waals surface area (Å²) in [6, 6.07) is 7.45. The minimum atomic E-state index is 0.00822. The molecule has 0 aromatic heterocycles. The first-order valence-corrected chi connectivity index (χ1v) is 8.11. The number of hydrogen-bond donors (Lipinski definition) is 2. The molecule has 0 bridgehead atoms. The summed E-state index contributed by atoms with van der Waals surface area (Å²) in [4.78, 5) is 11.9. The van der Waals surface area contributed by atoms with Crippen LogP contribution in [-0.2, 0) is 4.79 Å². The highest BCUT2D eigenvalue weighted by Crippen LogP contribution is 2.23. The number of amides is 1. The molecule has 4 nitrogen and oxygen atoms in total. The minimum absolute atomic E-state index is 0.00822. The van der Waals surface area contributed by atoms with Crippen LogP contribution in [0.4, 0.5) is 5.69 Å². The molecule has 0 spiro atoms. The summed E-state index contributed by atoms with van der Waals surface area (Å²) in [6.45, 7) is 1.65. The Bertz CT molecular complexity index is 512. The van der Waals surface area contributed by atoms with Gasteiger partial charge in [0, 0.05) is 13.0 Å². The van der Waals surface area contributed by atoms with Crippen molar-refractivity contribution < 1.29 is 9.53 Å². The van der Waals surface area contributed by atoms with Crippen molar-refractivity contribution in [1.82, 2.24) is 5.32 Å². The fourth-order valence-electron chi connectivity index (χ4n) is 2.67. The normalized spacial score (nSPS) is 14.3. The summed E-state index contributed by atoms with van der Waals surface area (Å²) in [6.07, 6.45) is 9.09. The number of carbonyl (C=O) groups excluding carboxylic acids is 1. The fraction of sp³-hybridized carbons (Fsp3) is 0.500. The van der Waals surface area contributed by atoms with Crippen molar-refractivity contribution in [3.8, 4) is 5.75 Å². The second-order valence-corrected chi connectivity index (χ2v) is 5.61. The average molecular weight is 302 g/mol. The third-order valence-corrected chi connectivity index (χ3v) is 3.92. The van der Waals surface area contributed by atoms with E-state index in [-0.39, 0.29) is 5.91 Å². The fourth-order valence-corrected chi connectivity index (χ4v) is 2.67. The van der Waals surface area contributed by atoms with Crippen molar-refractivity contribution >= 4 is 11.6 Å². The molecule has 1 aromatic rings. The van der Waals surface area contributed by atoms with Crippen molar-refractivity contribution in [2.75, 3.05) is 25.5 Å². The van der Waals surface area contributed by atoms with Crippen molar-refractivity contribution in [3.05, 3.63) is 35.9 Å². The number of benzene rings is 1. The third-order valence-electron chi connectivity index (χ3n) is 3.92. The van der Waals surface area contributed by atoms with Crippen LogP contribution in [0, 0.1) is 0 Å². The molecule has 1 aliphatic rings. The lowest BCUT2D eigenvalue weighted by atomic mass is 9.97. The third kappa shape index (κ3) is 5.53. The second-order valence-electron chi connectivity index (χ2n) is 5.61. The molecule has 0 unspecified atom stereocenters. The number of methoxy groups -OCH3 is 1. The highest BCUT2D eigenvalue weighted by molar-refractivity contribution is 5.92. The van der Waals surface area contributed by atoms with Crippen LogP contribution in [0.5, 0.6) is 5.75 Å². The number of rotatable bonds is 8. The maximum Gasteiger partial charge on any atom is 0.225 e. The smallest absolute Gasteiger partial charge is 0.225 e. The van der Waals surface area contributed by atoms with Crippen molar-refractivity contribution in [1.29, 1.82) is 0 Å². The van der Waals surface area contributed by atoms with Crippen LogP contribution in [0.25, 0.3) is 0 Å². The molecular formula is C18H26N2O2. The summed E-state index contributed by atoms with van der Waals surface area (Å²) < 4.78 is 5.22. The number of anilines is 1. The molecule has 0 fully saturated rings. The molecule has 0 heterocycles. The standard InChI is InChI=1S/C18H26N2O2/c1-22-17-10-6-5-9-16(17)20-18(21)12-14-19-13-11-15-7-3-2-4-8-15/h5-7,9-10,19H,2-4,8,11-14H2,1H3,(H,20,21). The molecule has 22 heavy (non-hydrogen) atoms. The summed E-state index contributed by atoms with van der Waals surface area (Å²) in [5.74, 6) is 0.696. The van der Waals surface area contributed by atoms with Crippen LogP contribution >= 0.6 is 0 Å². The Morgan fingerprint density at radius 2 is 2.09 bits per heavy atom. The molecule has 0 saturated carbocycles. The van der Waals surface area contributed by atoms with E-state index < -0.39 is 0 Å². The number of allylic oxidation sites excluding steroid dienone is 1. The number of carbonyl (C=O) groups is 1. The summed E-state index contributed by atoms with van der Waals surface area (Å²) in [5, 5.41) is 6.23. The predicted molar refractivity (Wildman–Crippen MR) is 90.3 cm³/mol. The number of ether oxygens (including phenoxy) is 1. The Balaban J connectivity index is 1.62. The van der Waals surface area contributed by atoms with E-state index in [9.17, 15) is 4.79 Å². The van der Waals surface area contributed by atoms with E-state index in [1.54, 1.807) is 12.7 Å². The first-order valence-electron chi connectivity index (χ1n) is 8.11. The van der Waals surface area contributed by atoms with Gasteiger partial charge in [0.25, 0.3) is 0 Å². The predicted octanol–water partition coefficient (Wildman–Crippen LogP) is 3.50. The van der Waals surface area contributed by atoms with Gasteiger partial charge in [-0.05, 0) is 50.8 Å². The minimum Gasteiger partial charge on any atom is -0.495 e. The molecule has 1 amide bonds. The highest BCUT2D eigenvalue weighted by Gasteiger charge is 2.07. The topological polar surface area (TPSA) is 50.4 Å². The van der Waals surface area contributed by atoms with Crippen LogP contribution in [0.1, 0.15) is 38.5 Å². The molecule has 1 aliphatic carbocycles. The largest absolute Gasteiger partial charge is 0.495 e. The molecule has 1 aromatic carbocycles. The summed E-state index contributed by atoms with van der Waals surface area (Å²) in [7, 11) is 1.60. The van der Waals surface area contributed by atoms with Gasteiger partial charge in [-0.1, -0.05) is 23.8 Å². The van der Waals surface area contributed by atoms with Gasteiger partial charge < -0.3 is 15.4 Å². The molecule has 0 atom stereocenters. The first kappa shape index (κ1) is 16.6. The quantitative estimate of drug-likeness (QED) is 0.571. The van der Waals surface area contributed by atoms with Crippen molar-refractivity contribution in [2.45, 2.75) is 38.5 Å². The zero-order valence-corrected chi connectivity index (χ0v) is 13.4. The Morgan fingerprint density at radius 1 is 1.23 bits per heavy atom. The van der Waals surface area contributed by atoms with E-state index in [0.717, 1.165) is 18.7 Å². The lowest BCUT2D eigenvalue weighted by molar-refractivity contribution is -0.116. The summed E-state index contributed by atoms with van der Waals surface area (Å²) >= 11 is 0. The molecule has 2 rings (SSSR count). The van der Waals surface area contributed by atoms with Gasteiger partial charge in [-0.3, -0.25) is 4.79 Å². The van der Waals surface area contributed by atoms with Crippen LogP contribution in [0.15, 0.2) is 35.9 Å². The van der Waals surface area contributed by atoms with Gasteiger partial charge in [0.2, 0.25) is 5.91 Å². The van der Waals surface area contributed by atoms with Crippen molar-refractivity contribution in [3.63, 3.8) is 0 Å². The van der Waals surface area contributed by atoms with Gasteiger partial charge in [0.1, 0.15) is 5.75 Å². The zero-order chi connectivity index (χ0) is 15.6. The van der Waals surface area contributed by atoms with Gasteiger partial charge in [-0.2, -0.15) is 0 Å². The first-order chi connectivity index (χ1) is 10.8. The molecule has 4 heteroatoms. The van der Waals surface area contributed by atoms with E-state index in [2.05, 4.69) is 16.7 Å². The molecule has 0 radical (unpaired) electrons. The maximum absolute atomic E-state index is 11.9. The lowest BCUT2D eigenvalue weighted by Crippen LogP contribution is -2.23. The highest BCUT2D eigenvalue weighted by atomic mass is 16.5. The Kier molecular flexibility index (Phi) is 6.97. The van der Waals surface area contributed by atoms with Gasteiger partial charge in [-0.25, -0.2) is 0 Å². The molecule has 0 aliphatic heterocycles. The van der Waals surface area contributed by atoms with E-state index in [1.807, 2.05) is 24.3 Å². The number of hydrogen-bond acceptors (Lipinski definition) is 3. The van der Waals surface area contributed by atoms with Gasteiger partial charge in [0.05, 0.1) is 12.8 Å². The van der Waals surface area contributed by atoms with Gasteiger partial charge >= 0.3 is 0 Å². The van der Waals surface area contributed by atoms with Gasteiger partial charge in [-0.15, -0.1) is 0 Å². The summed E-state index contributed by atoms with van der Waals surface area (Å²) in [5.41, 5.74) is 2.29. The number of nitrogens with one attached hydrogen (secondary N) is 2. The van der Waals surface area contributed by atoms with E-state index >= 15 is 0 Å². The second kappa shape index (κ2) is 9.26. The monoisotopic (exact) mass is 302 g/mol. The molecule has 2 N–H and O–H groups in total. The van der Waals surface area contributed by atoms with Crippen molar-refractivity contribution in [2.24, 2.45) is 0 Å². The number of para-hydroxylation sites is 2. The maximum atomic E-state index is 11.9. The Morgan fingerprint density at radius 3 is 2.86 bits per heavy atom. The SMILES string of the molecule is COc1ccccc1NC(=O)CCNCCC1=CCCCC1. The van der Waals surface area contributed by atoms with Crippen LogP contribution in [-0.4, -0.2) is 26.1 Å². The zero-order valence-electron chi connectivity index (χ0n) is 13.4.